The summed E-state index contributed by atoms with van der Waals surface area (Å²) >= 11 is 0. The van der Waals surface area contributed by atoms with Gasteiger partial charge in [0.1, 0.15) is 17.9 Å². The van der Waals surface area contributed by atoms with Crippen LogP contribution in [-0.4, -0.2) is 9.51 Å². The lowest BCUT2D eigenvalue weighted by Gasteiger charge is -2.08. The summed E-state index contributed by atoms with van der Waals surface area (Å²) in [6, 6.07) is 24.9. The summed E-state index contributed by atoms with van der Waals surface area (Å²) in [5.41, 5.74) is 4.25. The molecule has 2 aromatic heterocycles. The van der Waals surface area contributed by atoms with Gasteiger partial charge in [0.2, 0.25) is 0 Å². The van der Waals surface area contributed by atoms with Crippen molar-refractivity contribution in [2.75, 3.05) is 0 Å². The van der Waals surface area contributed by atoms with Crippen molar-refractivity contribution in [3.63, 3.8) is 0 Å². The number of pyridine rings is 1. The van der Waals surface area contributed by atoms with E-state index in [1.165, 1.54) is 0 Å². The molecule has 4 nitrogen and oxygen atoms in total. The van der Waals surface area contributed by atoms with E-state index in [1.54, 1.807) is 16.7 Å². The van der Waals surface area contributed by atoms with Gasteiger partial charge in [0.15, 0.2) is 0 Å². The molecule has 0 spiro atoms. The first-order valence-electron chi connectivity index (χ1n) is 8.06. The van der Waals surface area contributed by atoms with E-state index in [4.69, 9.17) is 0 Å². The molecule has 4 heteroatoms. The highest BCUT2D eigenvalue weighted by atomic mass is 16.3. The molecule has 0 bridgehead atoms. The van der Waals surface area contributed by atoms with Gasteiger partial charge < -0.3 is 9.51 Å². The molecule has 4 rings (SSSR count). The fraction of sp³-hybridized carbons (Fsp3) is 0. The van der Waals surface area contributed by atoms with Gasteiger partial charge in [-0.05, 0) is 17.2 Å². The second-order valence-corrected chi connectivity index (χ2v) is 5.88. The van der Waals surface area contributed by atoms with E-state index >= 15 is 0 Å². The van der Waals surface area contributed by atoms with Crippen LogP contribution in [0.25, 0.3) is 27.9 Å². The van der Waals surface area contributed by atoms with Crippen LogP contribution in [0.1, 0.15) is 11.1 Å². The molecule has 1 N–H and O–H groups in total. The Balaban J connectivity index is 2.18. The van der Waals surface area contributed by atoms with Gasteiger partial charge in [-0.25, -0.2) is 0 Å². The first-order valence-corrected chi connectivity index (χ1v) is 8.06. The van der Waals surface area contributed by atoms with Crippen LogP contribution < -0.4 is 0 Å². The van der Waals surface area contributed by atoms with Crippen LogP contribution in [-0.2, 0) is 0 Å². The van der Waals surface area contributed by atoms with E-state index in [9.17, 15) is 15.6 Å². The van der Waals surface area contributed by atoms with Crippen LogP contribution in [0, 0.1) is 22.7 Å². The standard InChI is InChI=1S/C22H13N3O/c23-12-17-11-19-22(26)20(15-7-3-1-4-8-15)21(16-9-5-2-6-10-16)25(19)14-18(17)13-24/h1-11,14,26H. The van der Waals surface area contributed by atoms with Gasteiger partial charge in [-0.1, -0.05) is 60.7 Å². The van der Waals surface area contributed by atoms with Crippen molar-refractivity contribution in [1.29, 1.82) is 10.5 Å². The molecule has 0 fully saturated rings. The fourth-order valence-corrected chi connectivity index (χ4v) is 3.22. The number of rotatable bonds is 2. The summed E-state index contributed by atoms with van der Waals surface area (Å²) in [5, 5.41) is 29.7. The van der Waals surface area contributed by atoms with Crippen LogP contribution >= 0.6 is 0 Å². The van der Waals surface area contributed by atoms with Gasteiger partial charge in [-0.3, -0.25) is 0 Å². The molecule has 122 valence electrons. The highest BCUT2D eigenvalue weighted by molar-refractivity contribution is 5.94. The fourth-order valence-electron chi connectivity index (χ4n) is 3.22. The number of hydrogen-bond donors (Lipinski definition) is 1. The second kappa shape index (κ2) is 6.12. The van der Waals surface area contributed by atoms with Crippen LogP contribution in [0.5, 0.6) is 5.75 Å². The molecule has 0 saturated heterocycles. The predicted octanol–water partition coefficient (Wildman–Crippen LogP) is 4.72. The average molecular weight is 335 g/mol. The van der Waals surface area contributed by atoms with E-state index in [0.717, 1.165) is 16.8 Å². The zero-order valence-electron chi connectivity index (χ0n) is 13.7. The van der Waals surface area contributed by atoms with Crippen LogP contribution in [0.4, 0.5) is 0 Å². The van der Waals surface area contributed by atoms with Crippen molar-refractivity contribution in [1.82, 2.24) is 4.40 Å². The minimum absolute atomic E-state index is 0.0936. The summed E-state index contributed by atoms with van der Waals surface area (Å²) in [4.78, 5) is 0. The molecule has 0 radical (unpaired) electrons. The summed E-state index contributed by atoms with van der Waals surface area (Å²) in [7, 11) is 0. The Morgan fingerprint density at radius 2 is 1.35 bits per heavy atom. The number of hydrogen-bond acceptors (Lipinski definition) is 3. The molecular formula is C22H13N3O. The van der Waals surface area contributed by atoms with Gasteiger partial charge in [0.25, 0.3) is 0 Å². The first-order chi connectivity index (χ1) is 12.7. The Morgan fingerprint density at radius 3 is 1.92 bits per heavy atom. The molecule has 0 amide bonds. The predicted molar refractivity (Wildman–Crippen MR) is 99.4 cm³/mol. The van der Waals surface area contributed by atoms with Crippen molar-refractivity contribution < 1.29 is 5.11 Å². The summed E-state index contributed by atoms with van der Waals surface area (Å²) < 4.78 is 1.78. The summed E-state index contributed by atoms with van der Waals surface area (Å²) in [5.74, 6) is 0.0936. The van der Waals surface area contributed by atoms with Crippen molar-refractivity contribution in [2.24, 2.45) is 0 Å². The number of nitriles is 2. The Hall–Kier alpha value is -4.02. The molecule has 2 aromatic carbocycles. The van der Waals surface area contributed by atoms with Gasteiger partial charge in [0.05, 0.1) is 27.9 Å². The maximum Gasteiger partial charge on any atom is 0.149 e. The largest absolute Gasteiger partial charge is 0.505 e. The number of nitrogens with zero attached hydrogens (tertiary/aromatic N) is 3. The Bertz CT molecular complexity index is 1190. The lowest BCUT2D eigenvalue weighted by atomic mass is 10.0. The molecule has 0 aliphatic heterocycles. The monoisotopic (exact) mass is 335 g/mol. The number of aromatic hydroxyl groups is 1. The summed E-state index contributed by atoms with van der Waals surface area (Å²) in [6.45, 7) is 0. The van der Waals surface area contributed by atoms with Crippen molar-refractivity contribution in [2.45, 2.75) is 0 Å². The molecule has 0 atom stereocenters. The normalized spacial score (nSPS) is 10.4. The molecule has 26 heavy (non-hydrogen) atoms. The van der Waals surface area contributed by atoms with Gasteiger partial charge >= 0.3 is 0 Å². The molecule has 2 heterocycles. The van der Waals surface area contributed by atoms with E-state index in [0.29, 0.717) is 11.1 Å². The third-order valence-electron chi connectivity index (χ3n) is 4.40. The number of benzene rings is 2. The Morgan fingerprint density at radius 1 is 0.769 bits per heavy atom. The third-order valence-corrected chi connectivity index (χ3v) is 4.40. The number of fused-ring (bicyclic) bond motifs is 1. The summed E-state index contributed by atoms with van der Waals surface area (Å²) in [6.07, 6.45) is 1.61. The topological polar surface area (TPSA) is 72.2 Å². The van der Waals surface area contributed by atoms with Crippen molar-refractivity contribution >= 4 is 5.52 Å². The quantitative estimate of drug-likeness (QED) is 0.576. The van der Waals surface area contributed by atoms with E-state index in [-0.39, 0.29) is 16.9 Å². The maximum atomic E-state index is 11.0. The van der Waals surface area contributed by atoms with Gasteiger partial charge in [-0.15, -0.1) is 0 Å². The van der Waals surface area contributed by atoms with Gasteiger partial charge in [0, 0.05) is 6.20 Å². The molecule has 0 aliphatic rings. The first kappa shape index (κ1) is 15.5. The van der Waals surface area contributed by atoms with Gasteiger partial charge in [-0.2, -0.15) is 10.5 Å². The SMILES string of the molecule is N#Cc1cc2c(O)c(-c3ccccc3)c(-c3ccccc3)n2cc1C#N. The van der Waals surface area contributed by atoms with Crippen LogP contribution in [0.15, 0.2) is 72.9 Å². The van der Waals surface area contributed by atoms with Crippen LogP contribution in [0.3, 0.4) is 0 Å². The molecular weight excluding hydrogens is 322 g/mol. The highest BCUT2D eigenvalue weighted by Gasteiger charge is 2.22. The minimum Gasteiger partial charge on any atom is -0.505 e. The maximum absolute atomic E-state index is 11.0. The van der Waals surface area contributed by atoms with Crippen molar-refractivity contribution in [3.8, 4) is 40.3 Å². The number of aromatic nitrogens is 1. The average Bonchev–Trinajstić information content (AvgIpc) is 2.99. The molecule has 0 saturated carbocycles. The van der Waals surface area contributed by atoms with E-state index < -0.39 is 0 Å². The lowest BCUT2D eigenvalue weighted by molar-refractivity contribution is 0.484. The highest BCUT2D eigenvalue weighted by Crippen LogP contribution is 2.44. The Kier molecular flexibility index (Phi) is 3.65. The lowest BCUT2D eigenvalue weighted by Crippen LogP contribution is -1.94. The van der Waals surface area contributed by atoms with E-state index in [2.05, 4.69) is 6.07 Å². The molecule has 4 aromatic rings. The van der Waals surface area contributed by atoms with Crippen LogP contribution in [0.2, 0.25) is 0 Å². The second-order valence-electron chi connectivity index (χ2n) is 5.88. The van der Waals surface area contributed by atoms with Crippen molar-refractivity contribution in [3.05, 3.63) is 84.1 Å². The zero-order valence-corrected chi connectivity index (χ0v) is 13.7. The third kappa shape index (κ3) is 2.30. The smallest absolute Gasteiger partial charge is 0.149 e. The zero-order chi connectivity index (χ0) is 18.1. The molecule has 0 aliphatic carbocycles. The van der Waals surface area contributed by atoms with E-state index in [1.807, 2.05) is 66.7 Å². The minimum atomic E-state index is 0.0936. The molecule has 0 unspecified atom stereocenters. The Labute approximate surface area is 150 Å².